The van der Waals surface area contributed by atoms with Crippen molar-refractivity contribution in [2.24, 2.45) is 0 Å². The smallest absolute Gasteiger partial charge is 0.0387 e. The van der Waals surface area contributed by atoms with Crippen LogP contribution in [0.1, 0.15) is 13.8 Å². The minimum Gasteiger partial charge on any atom is -0.366 e. The van der Waals surface area contributed by atoms with Gasteiger partial charge in [-0.1, -0.05) is 15.9 Å². The quantitative estimate of drug-likeness (QED) is 0.843. The first-order valence-corrected chi connectivity index (χ1v) is 6.21. The Balaban J connectivity index is 2.17. The average molecular weight is 269 g/mol. The first kappa shape index (κ1) is 11.0. The average Bonchev–Trinajstić information content (AvgIpc) is 2.23. The van der Waals surface area contributed by atoms with Gasteiger partial charge in [0.2, 0.25) is 0 Å². The molecule has 15 heavy (non-hydrogen) atoms. The van der Waals surface area contributed by atoms with E-state index in [1.807, 2.05) is 0 Å². The Morgan fingerprint density at radius 3 is 2.60 bits per heavy atom. The van der Waals surface area contributed by atoms with Crippen LogP contribution in [0.15, 0.2) is 28.7 Å². The molecule has 1 aliphatic heterocycles. The van der Waals surface area contributed by atoms with E-state index in [0.717, 1.165) is 17.6 Å². The number of hydrogen-bond donors (Lipinski definition) is 1. The fourth-order valence-electron chi connectivity index (χ4n) is 2.01. The lowest BCUT2D eigenvalue weighted by Gasteiger charge is -2.39. The SMILES string of the molecule is C[C@@H]1CN(c2ccc(Br)cc2)[C@@H](C)CN1. The van der Waals surface area contributed by atoms with Crippen molar-refractivity contribution in [3.05, 3.63) is 28.7 Å². The van der Waals surface area contributed by atoms with E-state index in [9.17, 15) is 0 Å². The van der Waals surface area contributed by atoms with Crippen LogP contribution in [0.5, 0.6) is 0 Å². The predicted molar refractivity (Wildman–Crippen MR) is 68.4 cm³/mol. The molecule has 1 saturated heterocycles. The highest BCUT2D eigenvalue weighted by atomic mass is 79.9. The number of piperazine rings is 1. The molecule has 2 rings (SSSR count). The third-order valence-corrected chi connectivity index (χ3v) is 3.45. The molecule has 82 valence electrons. The summed E-state index contributed by atoms with van der Waals surface area (Å²) in [6.07, 6.45) is 0. The van der Waals surface area contributed by atoms with E-state index in [2.05, 4.69) is 64.3 Å². The second-order valence-electron chi connectivity index (χ2n) is 4.29. The third-order valence-electron chi connectivity index (χ3n) is 2.92. The molecule has 2 nitrogen and oxygen atoms in total. The molecule has 0 aromatic heterocycles. The highest BCUT2D eigenvalue weighted by molar-refractivity contribution is 9.10. The van der Waals surface area contributed by atoms with Crippen LogP contribution >= 0.6 is 15.9 Å². The molecule has 1 aliphatic rings. The minimum atomic E-state index is 0.572. The van der Waals surface area contributed by atoms with Gasteiger partial charge in [0.1, 0.15) is 0 Å². The molecule has 3 heteroatoms. The molecule has 0 aliphatic carbocycles. The van der Waals surface area contributed by atoms with Crippen LogP contribution < -0.4 is 10.2 Å². The van der Waals surface area contributed by atoms with Crippen molar-refractivity contribution in [1.82, 2.24) is 5.32 Å². The molecular weight excluding hydrogens is 252 g/mol. The van der Waals surface area contributed by atoms with E-state index in [4.69, 9.17) is 0 Å². The zero-order valence-corrected chi connectivity index (χ0v) is 10.8. The van der Waals surface area contributed by atoms with Gasteiger partial charge in [-0.3, -0.25) is 0 Å². The van der Waals surface area contributed by atoms with Crippen molar-refractivity contribution in [2.45, 2.75) is 25.9 Å². The molecule has 0 saturated carbocycles. The highest BCUT2D eigenvalue weighted by Gasteiger charge is 2.22. The monoisotopic (exact) mass is 268 g/mol. The number of hydrogen-bond acceptors (Lipinski definition) is 2. The molecule has 0 spiro atoms. The molecule has 0 bridgehead atoms. The van der Waals surface area contributed by atoms with Crippen LogP contribution in [-0.4, -0.2) is 25.2 Å². The number of benzene rings is 1. The van der Waals surface area contributed by atoms with Crippen molar-refractivity contribution in [3.63, 3.8) is 0 Å². The van der Waals surface area contributed by atoms with Gasteiger partial charge in [-0.2, -0.15) is 0 Å². The van der Waals surface area contributed by atoms with Gasteiger partial charge >= 0.3 is 0 Å². The van der Waals surface area contributed by atoms with Crippen LogP contribution in [0.4, 0.5) is 5.69 Å². The Hall–Kier alpha value is -0.540. The van der Waals surface area contributed by atoms with Gasteiger partial charge in [-0.15, -0.1) is 0 Å². The van der Waals surface area contributed by atoms with Crippen molar-refractivity contribution < 1.29 is 0 Å². The molecule has 0 radical (unpaired) electrons. The number of nitrogens with one attached hydrogen (secondary N) is 1. The Morgan fingerprint density at radius 1 is 1.27 bits per heavy atom. The normalized spacial score (nSPS) is 26.7. The molecule has 1 fully saturated rings. The first-order chi connectivity index (χ1) is 7.16. The van der Waals surface area contributed by atoms with Gasteiger partial charge < -0.3 is 10.2 Å². The van der Waals surface area contributed by atoms with Crippen molar-refractivity contribution >= 4 is 21.6 Å². The van der Waals surface area contributed by atoms with Crippen molar-refractivity contribution in [2.75, 3.05) is 18.0 Å². The van der Waals surface area contributed by atoms with Crippen LogP contribution in [0.25, 0.3) is 0 Å². The largest absolute Gasteiger partial charge is 0.366 e. The maximum Gasteiger partial charge on any atom is 0.0387 e. The Bertz CT molecular complexity index is 323. The highest BCUT2D eigenvalue weighted by Crippen LogP contribution is 2.22. The summed E-state index contributed by atoms with van der Waals surface area (Å²) in [6.45, 7) is 6.65. The van der Waals surface area contributed by atoms with E-state index in [0.29, 0.717) is 12.1 Å². The van der Waals surface area contributed by atoms with Crippen LogP contribution in [0.3, 0.4) is 0 Å². The van der Waals surface area contributed by atoms with E-state index in [-0.39, 0.29) is 0 Å². The van der Waals surface area contributed by atoms with Crippen molar-refractivity contribution in [1.29, 1.82) is 0 Å². The van der Waals surface area contributed by atoms with E-state index in [1.165, 1.54) is 5.69 Å². The second kappa shape index (κ2) is 4.54. The Morgan fingerprint density at radius 2 is 1.93 bits per heavy atom. The lowest BCUT2D eigenvalue weighted by Crippen LogP contribution is -2.54. The molecule has 1 aromatic rings. The summed E-state index contributed by atoms with van der Waals surface area (Å²) in [7, 11) is 0. The maximum atomic E-state index is 3.49. The molecular formula is C12H17BrN2. The van der Waals surface area contributed by atoms with Gasteiger partial charge in [0, 0.05) is 35.3 Å². The maximum absolute atomic E-state index is 3.49. The standard InChI is InChI=1S/C12H17BrN2/c1-9-8-15(10(2)7-14-9)12-5-3-11(13)4-6-12/h3-6,9-10,14H,7-8H2,1-2H3/t9-,10+/m1/s1. The molecule has 1 heterocycles. The zero-order chi connectivity index (χ0) is 10.8. The summed E-state index contributed by atoms with van der Waals surface area (Å²) >= 11 is 3.47. The van der Waals surface area contributed by atoms with Gasteiger partial charge in [0.25, 0.3) is 0 Å². The summed E-state index contributed by atoms with van der Waals surface area (Å²) < 4.78 is 1.14. The molecule has 1 N–H and O–H groups in total. The third kappa shape index (κ3) is 2.52. The fourth-order valence-corrected chi connectivity index (χ4v) is 2.28. The molecule has 2 atom stereocenters. The summed E-state index contributed by atoms with van der Waals surface area (Å²) in [5, 5.41) is 3.49. The summed E-state index contributed by atoms with van der Waals surface area (Å²) in [6, 6.07) is 9.72. The van der Waals surface area contributed by atoms with Gasteiger partial charge in [0.15, 0.2) is 0 Å². The minimum absolute atomic E-state index is 0.572. The molecule has 0 amide bonds. The second-order valence-corrected chi connectivity index (χ2v) is 5.20. The fraction of sp³-hybridized carbons (Fsp3) is 0.500. The van der Waals surface area contributed by atoms with E-state index >= 15 is 0 Å². The zero-order valence-electron chi connectivity index (χ0n) is 9.20. The van der Waals surface area contributed by atoms with Gasteiger partial charge in [-0.05, 0) is 38.1 Å². The summed E-state index contributed by atoms with van der Waals surface area (Å²) in [5.74, 6) is 0. The lowest BCUT2D eigenvalue weighted by molar-refractivity contribution is 0.425. The van der Waals surface area contributed by atoms with E-state index < -0.39 is 0 Å². The predicted octanol–water partition coefficient (Wildman–Crippen LogP) is 2.64. The van der Waals surface area contributed by atoms with Gasteiger partial charge in [-0.25, -0.2) is 0 Å². The molecule has 1 aromatic carbocycles. The lowest BCUT2D eigenvalue weighted by atomic mass is 10.1. The van der Waals surface area contributed by atoms with Gasteiger partial charge in [0.05, 0.1) is 0 Å². The Kier molecular flexibility index (Phi) is 3.32. The summed E-state index contributed by atoms with van der Waals surface area (Å²) in [4.78, 5) is 2.47. The molecule has 0 unspecified atom stereocenters. The number of nitrogens with zero attached hydrogens (tertiary/aromatic N) is 1. The number of rotatable bonds is 1. The topological polar surface area (TPSA) is 15.3 Å². The van der Waals surface area contributed by atoms with Crippen molar-refractivity contribution in [3.8, 4) is 0 Å². The number of anilines is 1. The Labute approximate surface area is 99.8 Å². The van der Waals surface area contributed by atoms with Crippen LogP contribution in [0.2, 0.25) is 0 Å². The summed E-state index contributed by atoms with van der Waals surface area (Å²) in [5.41, 5.74) is 1.32. The van der Waals surface area contributed by atoms with Crippen LogP contribution in [0, 0.1) is 0 Å². The number of halogens is 1. The first-order valence-electron chi connectivity index (χ1n) is 5.42. The van der Waals surface area contributed by atoms with Crippen LogP contribution in [-0.2, 0) is 0 Å². The van der Waals surface area contributed by atoms with E-state index in [1.54, 1.807) is 0 Å².